The second-order valence-corrected chi connectivity index (χ2v) is 7.14. The molecule has 1 unspecified atom stereocenters. The normalized spacial score (nSPS) is 13.0. The summed E-state index contributed by atoms with van der Waals surface area (Å²) in [5, 5.41) is 0. The van der Waals surface area contributed by atoms with Crippen molar-refractivity contribution in [1.29, 1.82) is 0 Å². The van der Waals surface area contributed by atoms with Gasteiger partial charge in [0.15, 0.2) is 0 Å². The minimum absolute atomic E-state index is 0.956. The zero-order chi connectivity index (χ0) is 17.0. The summed E-state index contributed by atoms with van der Waals surface area (Å²) in [6, 6.07) is 0. The summed E-state index contributed by atoms with van der Waals surface area (Å²) in [6.45, 7) is 10.2. The largest absolute Gasteiger partial charge is 0.0885 e. The van der Waals surface area contributed by atoms with Gasteiger partial charge in [-0.15, -0.1) is 0 Å². The van der Waals surface area contributed by atoms with E-state index in [1.165, 1.54) is 96.3 Å². The van der Waals surface area contributed by atoms with Gasteiger partial charge in [0.25, 0.3) is 0 Å². The highest BCUT2D eigenvalue weighted by molar-refractivity contribution is 4.82. The Kier molecular flexibility index (Phi) is 19.6. The lowest BCUT2D eigenvalue weighted by atomic mass is 9.93. The number of unbranched alkanes of at least 4 members (excludes halogenated alkanes) is 11. The predicted octanol–water partition coefficient (Wildman–Crippen LogP) is 8.48. The average Bonchev–Trinajstić information content (AvgIpc) is 2.57. The lowest BCUT2D eigenvalue weighted by molar-refractivity contribution is 0.414. The van der Waals surface area contributed by atoms with E-state index in [-0.39, 0.29) is 0 Å². The summed E-state index contributed by atoms with van der Waals surface area (Å²) in [7, 11) is 0. The fourth-order valence-corrected chi connectivity index (χ4v) is 3.23. The topological polar surface area (TPSA) is 0 Å². The van der Waals surface area contributed by atoms with E-state index in [9.17, 15) is 0 Å². The molecule has 0 fully saturated rings. The molecule has 0 heteroatoms. The average molecular weight is 321 g/mol. The van der Waals surface area contributed by atoms with E-state index in [1.54, 1.807) is 0 Å². The Morgan fingerprint density at radius 2 is 1.13 bits per heavy atom. The molecule has 2 radical (unpaired) electrons. The van der Waals surface area contributed by atoms with Crippen molar-refractivity contribution in [2.24, 2.45) is 5.92 Å². The third-order valence-electron chi connectivity index (χ3n) is 4.97. The first-order chi connectivity index (χ1) is 11.3. The summed E-state index contributed by atoms with van der Waals surface area (Å²) in [4.78, 5) is 0. The molecule has 1 atom stereocenters. The van der Waals surface area contributed by atoms with Crippen LogP contribution in [0, 0.1) is 19.8 Å². The van der Waals surface area contributed by atoms with Crippen LogP contribution in [0.5, 0.6) is 0 Å². The zero-order valence-electron chi connectivity index (χ0n) is 16.2. The number of hydrogen-bond acceptors (Lipinski definition) is 0. The van der Waals surface area contributed by atoms with Gasteiger partial charge in [-0.2, -0.15) is 0 Å². The molecule has 136 valence electrons. The van der Waals surface area contributed by atoms with Gasteiger partial charge in [0.2, 0.25) is 0 Å². The molecular weight excluding hydrogens is 276 g/mol. The number of allylic oxidation sites excluding steroid dienone is 2. The second kappa shape index (κ2) is 19.8. The van der Waals surface area contributed by atoms with Crippen LogP contribution in [-0.2, 0) is 0 Å². The smallest absolute Gasteiger partial charge is 0.0348 e. The van der Waals surface area contributed by atoms with Gasteiger partial charge in [0, 0.05) is 0 Å². The predicted molar refractivity (Wildman–Crippen MR) is 108 cm³/mol. The van der Waals surface area contributed by atoms with E-state index in [0.717, 1.165) is 18.8 Å². The van der Waals surface area contributed by atoms with E-state index in [1.807, 2.05) is 0 Å². The van der Waals surface area contributed by atoms with Crippen molar-refractivity contribution in [1.82, 2.24) is 0 Å². The van der Waals surface area contributed by atoms with Crippen LogP contribution in [0.1, 0.15) is 116 Å². The van der Waals surface area contributed by atoms with Gasteiger partial charge >= 0.3 is 0 Å². The van der Waals surface area contributed by atoms with E-state index < -0.39 is 0 Å². The molecule has 0 aliphatic rings. The highest BCUT2D eigenvalue weighted by atomic mass is 14.1. The van der Waals surface area contributed by atoms with Crippen molar-refractivity contribution in [3.05, 3.63) is 26.0 Å². The zero-order valence-corrected chi connectivity index (χ0v) is 16.2. The van der Waals surface area contributed by atoms with Crippen molar-refractivity contribution >= 4 is 0 Å². The molecule has 0 N–H and O–H groups in total. The molecule has 0 aliphatic carbocycles. The molecule has 0 aromatic heterocycles. The fraction of sp³-hybridized carbons (Fsp3) is 0.826. The fourth-order valence-electron chi connectivity index (χ4n) is 3.23. The maximum absolute atomic E-state index is 3.91. The Bertz CT molecular complexity index is 228. The summed E-state index contributed by atoms with van der Waals surface area (Å²) >= 11 is 0. The van der Waals surface area contributed by atoms with Gasteiger partial charge in [-0.05, 0) is 31.6 Å². The monoisotopic (exact) mass is 320 g/mol. The third kappa shape index (κ3) is 17.9. The van der Waals surface area contributed by atoms with Crippen molar-refractivity contribution in [2.75, 3.05) is 0 Å². The van der Waals surface area contributed by atoms with Gasteiger partial charge < -0.3 is 0 Å². The Balaban J connectivity index is 3.39. The molecule has 0 amide bonds. The first-order valence-corrected chi connectivity index (χ1v) is 10.6. The van der Waals surface area contributed by atoms with E-state index in [2.05, 4.69) is 32.9 Å². The summed E-state index contributed by atoms with van der Waals surface area (Å²) < 4.78 is 0. The van der Waals surface area contributed by atoms with Gasteiger partial charge in [-0.1, -0.05) is 116 Å². The third-order valence-corrected chi connectivity index (χ3v) is 4.97. The van der Waals surface area contributed by atoms with Crippen LogP contribution in [0.25, 0.3) is 0 Å². The molecule has 0 saturated heterocycles. The van der Waals surface area contributed by atoms with Gasteiger partial charge in [-0.3, -0.25) is 0 Å². The van der Waals surface area contributed by atoms with Crippen LogP contribution in [-0.4, -0.2) is 0 Å². The molecule has 23 heavy (non-hydrogen) atoms. The molecule has 0 nitrogen and oxygen atoms in total. The lowest BCUT2D eigenvalue weighted by Gasteiger charge is -2.13. The van der Waals surface area contributed by atoms with Gasteiger partial charge in [0.05, 0.1) is 0 Å². The molecule has 0 saturated carbocycles. The number of rotatable bonds is 18. The Morgan fingerprint density at radius 1 is 0.609 bits per heavy atom. The SMILES string of the molecule is [CH2]CCCCCC=CCCC(CC)CCCCCCCCC[CH2]. The van der Waals surface area contributed by atoms with Crippen LogP contribution >= 0.6 is 0 Å². The molecule has 0 spiro atoms. The summed E-state index contributed by atoms with van der Waals surface area (Å²) in [5.41, 5.74) is 0. The molecule has 0 bridgehead atoms. The second-order valence-electron chi connectivity index (χ2n) is 7.14. The van der Waals surface area contributed by atoms with Crippen LogP contribution in [0.2, 0.25) is 0 Å². The van der Waals surface area contributed by atoms with Crippen molar-refractivity contribution in [2.45, 2.75) is 116 Å². The highest BCUT2D eigenvalue weighted by Crippen LogP contribution is 2.20. The highest BCUT2D eigenvalue weighted by Gasteiger charge is 2.04. The Morgan fingerprint density at radius 3 is 1.74 bits per heavy atom. The van der Waals surface area contributed by atoms with E-state index in [4.69, 9.17) is 0 Å². The lowest BCUT2D eigenvalue weighted by Crippen LogP contribution is -1.98. The molecule has 0 aromatic rings. The van der Waals surface area contributed by atoms with E-state index in [0.29, 0.717) is 0 Å². The molecule has 0 aromatic carbocycles. The molecular formula is C23H44. The molecule has 0 aliphatic heterocycles. The van der Waals surface area contributed by atoms with Crippen LogP contribution < -0.4 is 0 Å². The maximum Gasteiger partial charge on any atom is -0.0348 e. The van der Waals surface area contributed by atoms with Crippen LogP contribution in [0.15, 0.2) is 12.2 Å². The van der Waals surface area contributed by atoms with Gasteiger partial charge in [-0.25, -0.2) is 0 Å². The quantitative estimate of drug-likeness (QED) is 0.175. The first kappa shape index (κ1) is 22.7. The van der Waals surface area contributed by atoms with Crippen molar-refractivity contribution < 1.29 is 0 Å². The minimum Gasteiger partial charge on any atom is -0.0885 e. The molecule has 0 rings (SSSR count). The number of hydrogen-bond donors (Lipinski definition) is 0. The minimum atomic E-state index is 0.956. The Labute approximate surface area is 148 Å². The first-order valence-electron chi connectivity index (χ1n) is 10.6. The molecule has 0 heterocycles. The van der Waals surface area contributed by atoms with Crippen molar-refractivity contribution in [3.8, 4) is 0 Å². The van der Waals surface area contributed by atoms with Crippen LogP contribution in [0.4, 0.5) is 0 Å². The summed E-state index contributed by atoms with van der Waals surface area (Å²) in [5.74, 6) is 0.956. The van der Waals surface area contributed by atoms with Crippen LogP contribution in [0.3, 0.4) is 0 Å². The summed E-state index contributed by atoms with van der Waals surface area (Å²) in [6.07, 6.45) is 27.7. The Hall–Kier alpha value is -0.260. The maximum atomic E-state index is 3.91. The van der Waals surface area contributed by atoms with Crippen molar-refractivity contribution in [3.63, 3.8) is 0 Å². The van der Waals surface area contributed by atoms with Gasteiger partial charge in [0.1, 0.15) is 0 Å². The van der Waals surface area contributed by atoms with E-state index >= 15 is 0 Å². The standard InChI is InChI=1S/C23H44/c1-4-7-9-11-13-15-17-19-21-23(6-3)22-20-18-16-14-12-10-8-5-2/h15,17,23H,1-2,4-14,16,18-22H2,3H3.